The Labute approximate surface area is 118 Å². The van der Waals surface area contributed by atoms with Crippen LogP contribution in [-0.4, -0.2) is 35.2 Å². The molecule has 1 atom stereocenters. The lowest BCUT2D eigenvalue weighted by Crippen LogP contribution is -2.58. The number of nitrogens with one attached hydrogen (secondary N) is 1. The second-order valence-corrected chi connectivity index (χ2v) is 5.17. The number of carbonyl (C=O) groups excluding carboxylic acids is 3. The van der Waals surface area contributed by atoms with E-state index in [0.29, 0.717) is 10.2 Å². The van der Waals surface area contributed by atoms with Crippen LogP contribution in [0, 0.1) is 0 Å². The van der Waals surface area contributed by atoms with Gasteiger partial charge in [0.15, 0.2) is 0 Å². The highest BCUT2D eigenvalue weighted by Crippen LogP contribution is 2.21. The number of halogens is 1. The van der Waals surface area contributed by atoms with Gasteiger partial charge in [-0.1, -0.05) is 15.9 Å². The Balaban J connectivity index is 2.35. The summed E-state index contributed by atoms with van der Waals surface area (Å²) in [6.45, 7) is 1.41. The Morgan fingerprint density at radius 3 is 2.84 bits per heavy atom. The van der Waals surface area contributed by atoms with Crippen molar-refractivity contribution in [1.29, 1.82) is 0 Å². The lowest BCUT2D eigenvalue weighted by molar-refractivity contribution is -0.138. The van der Waals surface area contributed by atoms with Gasteiger partial charge in [-0.25, -0.2) is 0 Å². The van der Waals surface area contributed by atoms with Crippen LogP contribution in [0.4, 0.5) is 5.69 Å². The zero-order chi connectivity index (χ0) is 14.2. The summed E-state index contributed by atoms with van der Waals surface area (Å²) in [6, 6.07) is 4.17. The van der Waals surface area contributed by atoms with Crippen LogP contribution in [0.1, 0.15) is 17.3 Å². The van der Waals surface area contributed by atoms with Crippen LogP contribution >= 0.6 is 15.9 Å². The molecule has 0 radical (unpaired) electrons. The molecule has 19 heavy (non-hydrogen) atoms. The maximum Gasteiger partial charge on any atom is 0.257 e. The van der Waals surface area contributed by atoms with Crippen molar-refractivity contribution >= 4 is 39.3 Å². The molecule has 1 heterocycles. The smallest absolute Gasteiger partial charge is 0.257 e. The van der Waals surface area contributed by atoms with E-state index in [1.165, 1.54) is 4.90 Å². The van der Waals surface area contributed by atoms with Crippen LogP contribution in [-0.2, 0) is 9.59 Å². The molecule has 1 fully saturated rings. The molecule has 100 valence electrons. The predicted octanol–water partition coefficient (Wildman–Crippen LogP) is 0.518. The van der Waals surface area contributed by atoms with Gasteiger partial charge in [-0.05, 0) is 25.1 Å². The molecule has 0 saturated carbocycles. The van der Waals surface area contributed by atoms with E-state index in [0.717, 1.165) is 0 Å². The van der Waals surface area contributed by atoms with Gasteiger partial charge in [-0.2, -0.15) is 0 Å². The molecule has 3 N–H and O–H groups in total. The molecule has 1 aliphatic heterocycles. The van der Waals surface area contributed by atoms with E-state index in [1.54, 1.807) is 25.1 Å². The first kappa shape index (κ1) is 13.5. The number of hydrogen-bond acceptors (Lipinski definition) is 4. The molecule has 6 nitrogen and oxygen atoms in total. The molecule has 0 bridgehead atoms. The minimum atomic E-state index is -0.705. The van der Waals surface area contributed by atoms with E-state index in [9.17, 15) is 14.4 Å². The molecule has 1 aromatic carbocycles. The molecule has 7 heteroatoms. The average molecular weight is 326 g/mol. The third-order valence-electron chi connectivity index (χ3n) is 2.93. The highest BCUT2D eigenvalue weighted by Gasteiger charge is 2.34. The van der Waals surface area contributed by atoms with Crippen LogP contribution in [0.3, 0.4) is 0 Å². The lowest BCUT2D eigenvalue weighted by atomic mass is 10.1. The molecule has 1 saturated heterocycles. The Morgan fingerprint density at radius 2 is 2.16 bits per heavy atom. The number of anilines is 1. The molecule has 0 spiro atoms. The number of rotatable bonds is 1. The topological polar surface area (TPSA) is 92.5 Å². The summed E-state index contributed by atoms with van der Waals surface area (Å²) in [7, 11) is 0. The fraction of sp³-hybridized carbons (Fsp3) is 0.250. The lowest BCUT2D eigenvalue weighted by Gasteiger charge is -2.32. The van der Waals surface area contributed by atoms with Crippen molar-refractivity contribution in [2.45, 2.75) is 13.0 Å². The number of amides is 3. The third kappa shape index (κ3) is 2.60. The first-order valence-electron chi connectivity index (χ1n) is 5.60. The number of carbonyl (C=O) groups is 3. The normalized spacial score (nSPS) is 19.3. The fourth-order valence-corrected chi connectivity index (χ4v) is 2.19. The summed E-state index contributed by atoms with van der Waals surface area (Å²) >= 11 is 3.25. The van der Waals surface area contributed by atoms with Gasteiger partial charge in [0.1, 0.15) is 12.6 Å². The van der Waals surface area contributed by atoms with Crippen molar-refractivity contribution in [2.24, 2.45) is 0 Å². The largest absolute Gasteiger partial charge is 0.398 e. The average Bonchev–Trinajstić information content (AvgIpc) is 2.36. The molecule has 2 rings (SSSR count). The van der Waals surface area contributed by atoms with Gasteiger partial charge >= 0.3 is 0 Å². The van der Waals surface area contributed by atoms with Crippen LogP contribution in [0.25, 0.3) is 0 Å². The quantitative estimate of drug-likeness (QED) is 0.581. The monoisotopic (exact) mass is 325 g/mol. The van der Waals surface area contributed by atoms with Crippen LogP contribution < -0.4 is 11.1 Å². The standard InChI is InChI=1S/C12H12BrN3O3/c1-6-11(18)15-10(17)5-16(6)12(19)8-4-7(13)2-3-9(8)14/h2-4,6H,5,14H2,1H3,(H,15,17,18). The summed E-state index contributed by atoms with van der Waals surface area (Å²) in [5.74, 6) is -1.42. The summed E-state index contributed by atoms with van der Waals surface area (Å²) in [5, 5.41) is 2.18. The molecule has 3 amide bonds. The van der Waals surface area contributed by atoms with E-state index in [1.807, 2.05) is 0 Å². The molecular weight excluding hydrogens is 314 g/mol. The van der Waals surface area contributed by atoms with Crippen molar-refractivity contribution in [1.82, 2.24) is 10.2 Å². The van der Waals surface area contributed by atoms with Gasteiger partial charge < -0.3 is 10.6 Å². The Kier molecular flexibility index (Phi) is 3.57. The zero-order valence-corrected chi connectivity index (χ0v) is 11.7. The minimum Gasteiger partial charge on any atom is -0.398 e. The van der Waals surface area contributed by atoms with E-state index in [2.05, 4.69) is 21.2 Å². The maximum atomic E-state index is 12.4. The van der Waals surface area contributed by atoms with Crippen LogP contribution in [0.15, 0.2) is 22.7 Å². The molecule has 0 aliphatic carbocycles. The van der Waals surface area contributed by atoms with Gasteiger partial charge in [-0.15, -0.1) is 0 Å². The summed E-state index contributed by atoms with van der Waals surface area (Å²) in [6.07, 6.45) is 0. The molecule has 1 aromatic rings. The van der Waals surface area contributed by atoms with E-state index in [-0.39, 0.29) is 12.1 Å². The number of nitrogens with two attached hydrogens (primary N) is 1. The van der Waals surface area contributed by atoms with Gasteiger partial charge in [0.25, 0.3) is 5.91 Å². The number of nitrogens with zero attached hydrogens (tertiary/aromatic N) is 1. The Hall–Kier alpha value is -1.89. The van der Waals surface area contributed by atoms with Crippen molar-refractivity contribution in [3.05, 3.63) is 28.2 Å². The first-order valence-corrected chi connectivity index (χ1v) is 6.39. The van der Waals surface area contributed by atoms with Crippen LogP contribution in [0.2, 0.25) is 0 Å². The summed E-state index contributed by atoms with van der Waals surface area (Å²) < 4.78 is 0.700. The van der Waals surface area contributed by atoms with Gasteiger partial charge in [0.05, 0.1) is 5.56 Å². The van der Waals surface area contributed by atoms with Gasteiger partial charge in [0, 0.05) is 10.2 Å². The highest BCUT2D eigenvalue weighted by atomic mass is 79.9. The number of hydrogen-bond donors (Lipinski definition) is 2. The third-order valence-corrected chi connectivity index (χ3v) is 3.42. The van der Waals surface area contributed by atoms with Gasteiger partial charge in [-0.3, -0.25) is 19.7 Å². The Bertz CT molecular complexity index is 573. The Morgan fingerprint density at radius 1 is 1.47 bits per heavy atom. The second-order valence-electron chi connectivity index (χ2n) is 4.25. The molecule has 1 aliphatic rings. The molecular formula is C12H12BrN3O3. The first-order chi connectivity index (χ1) is 8.90. The zero-order valence-electron chi connectivity index (χ0n) is 10.1. The second kappa shape index (κ2) is 5.00. The molecule has 0 aromatic heterocycles. The number of benzene rings is 1. The summed E-state index contributed by atoms with van der Waals surface area (Å²) in [5.41, 5.74) is 6.33. The number of imide groups is 1. The predicted molar refractivity (Wildman–Crippen MR) is 72.2 cm³/mol. The number of nitrogen functional groups attached to an aromatic ring is 1. The molecule has 1 unspecified atom stereocenters. The van der Waals surface area contributed by atoms with Crippen molar-refractivity contribution in [3.8, 4) is 0 Å². The minimum absolute atomic E-state index is 0.155. The van der Waals surface area contributed by atoms with Gasteiger partial charge in [0.2, 0.25) is 11.8 Å². The van der Waals surface area contributed by atoms with Crippen molar-refractivity contribution in [2.75, 3.05) is 12.3 Å². The van der Waals surface area contributed by atoms with E-state index >= 15 is 0 Å². The fourth-order valence-electron chi connectivity index (χ4n) is 1.83. The van der Waals surface area contributed by atoms with Crippen LogP contribution in [0.5, 0.6) is 0 Å². The van der Waals surface area contributed by atoms with Crippen molar-refractivity contribution < 1.29 is 14.4 Å². The van der Waals surface area contributed by atoms with Crippen molar-refractivity contribution in [3.63, 3.8) is 0 Å². The van der Waals surface area contributed by atoms with E-state index in [4.69, 9.17) is 5.73 Å². The highest BCUT2D eigenvalue weighted by molar-refractivity contribution is 9.10. The SMILES string of the molecule is CC1C(=O)NC(=O)CN1C(=O)c1cc(Br)ccc1N. The number of piperazine rings is 1. The summed E-state index contributed by atoms with van der Waals surface area (Å²) in [4.78, 5) is 36.5. The maximum absolute atomic E-state index is 12.4. The van der Waals surface area contributed by atoms with E-state index < -0.39 is 23.8 Å².